The van der Waals surface area contributed by atoms with Gasteiger partial charge in [-0.3, -0.25) is 0 Å². The van der Waals surface area contributed by atoms with Crippen LogP contribution < -0.4 is 0 Å². The lowest BCUT2D eigenvalue weighted by molar-refractivity contribution is 0.368. The van der Waals surface area contributed by atoms with Crippen LogP contribution >= 0.6 is 0 Å². The second-order valence-corrected chi connectivity index (χ2v) is 9.65. The highest BCUT2D eigenvalue weighted by Gasteiger charge is 2.39. The number of para-hydroxylation sites is 2. The number of sulfonamides is 1. The van der Waals surface area contributed by atoms with Crippen molar-refractivity contribution in [1.29, 1.82) is 5.26 Å². The molecule has 150 valence electrons. The summed E-state index contributed by atoms with van der Waals surface area (Å²) >= 11 is 0. The molecule has 1 saturated heterocycles. The average molecular weight is 409 g/mol. The highest BCUT2D eigenvalue weighted by molar-refractivity contribution is 7.89. The van der Waals surface area contributed by atoms with Crippen LogP contribution in [-0.2, 0) is 10.0 Å². The molecule has 0 N–H and O–H groups in total. The van der Waals surface area contributed by atoms with E-state index in [0.29, 0.717) is 17.7 Å². The van der Waals surface area contributed by atoms with Gasteiger partial charge in [-0.25, -0.2) is 13.4 Å². The SMILES string of the molecule is Cc1ccc(C#N)cc1S(=O)(=O)N1CCCC1c1nc2ccccc2n1C(C)C. The van der Waals surface area contributed by atoms with Gasteiger partial charge in [-0.1, -0.05) is 18.2 Å². The summed E-state index contributed by atoms with van der Waals surface area (Å²) in [6.45, 7) is 6.39. The Hall–Kier alpha value is -2.69. The number of fused-ring (bicyclic) bond motifs is 1. The van der Waals surface area contributed by atoms with Crippen LogP contribution in [0.2, 0.25) is 0 Å². The zero-order valence-corrected chi connectivity index (χ0v) is 17.6. The first-order chi connectivity index (χ1) is 13.8. The highest BCUT2D eigenvalue weighted by Crippen LogP contribution is 2.39. The molecule has 0 bridgehead atoms. The first kappa shape index (κ1) is 19.6. The molecule has 1 aromatic heterocycles. The summed E-state index contributed by atoms with van der Waals surface area (Å²) < 4.78 is 30.9. The van der Waals surface area contributed by atoms with Gasteiger partial charge >= 0.3 is 0 Å². The Balaban J connectivity index is 1.85. The zero-order chi connectivity index (χ0) is 20.8. The second kappa shape index (κ2) is 7.29. The molecular weight excluding hydrogens is 384 g/mol. The van der Waals surface area contributed by atoms with E-state index in [1.807, 2.05) is 30.3 Å². The minimum atomic E-state index is -3.75. The molecule has 0 radical (unpaired) electrons. The van der Waals surface area contributed by atoms with E-state index in [-0.39, 0.29) is 17.0 Å². The van der Waals surface area contributed by atoms with Crippen molar-refractivity contribution in [3.8, 4) is 6.07 Å². The van der Waals surface area contributed by atoms with Gasteiger partial charge in [-0.2, -0.15) is 9.57 Å². The highest BCUT2D eigenvalue weighted by atomic mass is 32.2. The molecule has 6 nitrogen and oxygen atoms in total. The van der Waals surface area contributed by atoms with Crippen LogP contribution in [0, 0.1) is 18.3 Å². The number of aryl methyl sites for hydroxylation is 1. The molecule has 1 aliphatic rings. The Morgan fingerprint density at radius 3 is 2.69 bits per heavy atom. The largest absolute Gasteiger partial charge is 0.324 e. The number of hydrogen-bond donors (Lipinski definition) is 0. The van der Waals surface area contributed by atoms with Crippen molar-refractivity contribution in [3.05, 3.63) is 59.4 Å². The zero-order valence-electron chi connectivity index (χ0n) is 16.8. The van der Waals surface area contributed by atoms with E-state index in [2.05, 4.69) is 18.4 Å². The molecule has 0 saturated carbocycles. The Kier molecular flexibility index (Phi) is 4.93. The maximum absolute atomic E-state index is 13.6. The van der Waals surface area contributed by atoms with E-state index in [1.54, 1.807) is 23.4 Å². The lowest BCUT2D eigenvalue weighted by atomic mass is 10.2. The van der Waals surface area contributed by atoms with Crippen molar-refractivity contribution in [2.24, 2.45) is 0 Å². The molecule has 0 aliphatic carbocycles. The van der Waals surface area contributed by atoms with E-state index in [0.717, 1.165) is 29.7 Å². The van der Waals surface area contributed by atoms with Gasteiger partial charge in [-0.15, -0.1) is 0 Å². The van der Waals surface area contributed by atoms with Crippen molar-refractivity contribution in [3.63, 3.8) is 0 Å². The fourth-order valence-electron chi connectivity index (χ4n) is 4.20. The van der Waals surface area contributed by atoms with E-state index in [9.17, 15) is 13.7 Å². The van der Waals surface area contributed by atoms with Gasteiger partial charge < -0.3 is 4.57 Å². The maximum atomic E-state index is 13.6. The van der Waals surface area contributed by atoms with Gasteiger partial charge in [0.1, 0.15) is 5.82 Å². The predicted octanol–water partition coefficient (Wildman–Crippen LogP) is 4.32. The number of hydrogen-bond acceptors (Lipinski definition) is 4. The number of imidazole rings is 1. The molecule has 1 fully saturated rings. The molecule has 0 spiro atoms. The summed E-state index contributed by atoms with van der Waals surface area (Å²) in [5, 5.41) is 9.22. The predicted molar refractivity (Wildman–Crippen MR) is 112 cm³/mol. The molecule has 2 heterocycles. The first-order valence-corrected chi connectivity index (χ1v) is 11.3. The van der Waals surface area contributed by atoms with Crippen LogP contribution in [-0.4, -0.2) is 28.8 Å². The molecule has 3 aromatic rings. The minimum Gasteiger partial charge on any atom is -0.324 e. The normalized spacial score (nSPS) is 17.8. The van der Waals surface area contributed by atoms with Crippen LogP contribution in [0.5, 0.6) is 0 Å². The van der Waals surface area contributed by atoms with E-state index >= 15 is 0 Å². The number of nitriles is 1. The van der Waals surface area contributed by atoms with Crippen LogP contribution in [0.4, 0.5) is 0 Å². The van der Waals surface area contributed by atoms with Crippen molar-refractivity contribution >= 4 is 21.1 Å². The van der Waals surface area contributed by atoms with Crippen LogP contribution in [0.25, 0.3) is 11.0 Å². The Bertz CT molecular complexity index is 1220. The Labute approximate surface area is 171 Å². The van der Waals surface area contributed by atoms with E-state index in [4.69, 9.17) is 4.98 Å². The fourth-order valence-corrected chi connectivity index (χ4v) is 6.11. The smallest absolute Gasteiger partial charge is 0.244 e. The standard InChI is InChI=1S/C22H24N4O2S/c1-15(2)26-19-8-5-4-7-18(19)24-22(26)20-9-6-12-25(20)29(27,28)21-13-17(14-23)11-10-16(21)3/h4-5,7-8,10-11,13,15,20H,6,9,12H2,1-3H3. The van der Waals surface area contributed by atoms with Gasteiger partial charge in [0.2, 0.25) is 10.0 Å². The minimum absolute atomic E-state index is 0.159. The molecule has 1 aliphatic heterocycles. The van der Waals surface area contributed by atoms with Crippen molar-refractivity contribution in [1.82, 2.24) is 13.9 Å². The number of benzene rings is 2. The first-order valence-electron chi connectivity index (χ1n) is 9.84. The summed E-state index contributed by atoms with van der Waals surface area (Å²) in [6.07, 6.45) is 1.51. The third-order valence-electron chi connectivity index (χ3n) is 5.55. The van der Waals surface area contributed by atoms with Gasteiger partial charge in [-0.05, 0) is 63.4 Å². The summed E-state index contributed by atoms with van der Waals surface area (Å²) in [5.41, 5.74) is 2.89. The number of nitrogens with zero attached hydrogens (tertiary/aromatic N) is 4. The molecule has 4 rings (SSSR count). The monoisotopic (exact) mass is 408 g/mol. The number of rotatable bonds is 4. The average Bonchev–Trinajstić information content (AvgIpc) is 3.33. The lowest BCUT2D eigenvalue weighted by Gasteiger charge is -2.26. The summed E-state index contributed by atoms with van der Waals surface area (Å²) in [4.78, 5) is 5.04. The van der Waals surface area contributed by atoms with Crippen LogP contribution in [0.3, 0.4) is 0 Å². The van der Waals surface area contributed by atoms with Crippen molar-refractivity contribution in [2.45, 2.75) is 50.6 Å². The third-order valence-corrected chi connectivity index (χ3v) is 7.60. The van der Waals surface area contributed by atoms with Crippen LogP contribution in [0.15, 0.2) is 47.4 Å². The molecule has 0 amide bonds. The second-order valence-electron chi connectivity index (χ2n) is 7.79. The van der Waals surface area contributed by atoms with Gasteiger partial charge in [0.05, 0.1) is 33.6 Å². The van der Waals surface area contributed by atoms with E-state index in [1.165, 1.54) is 6.07 Å². The topological polar surface area (TPSA) is 79.0 Å². The molecular formula is C22H24N4O2S. The number of aromatic nitrogens is 2. The van der Waals surface area contributed by atoms with Crippen LogP contribution in [0.1, 0.15) is 55.7 Å². The Morgan fingerprint density at radius 1 is 1.21 bits per heavy atom. The molecule has 29 heavy (non-hydrogen) atoms. The van der Waals surface area contributed by atoms with Gasteiger partial charge in [0, 0.05) is 12.6 Å². The summed E-state index contributed by atoms with van der Waals surface area (Å²) in [6, 6.07) is 14.6. The lowest BCUT2D eigenvalue weighted by Crippen LogP contribution is -2.32. The third kappa shape index (κ3) is 3.22. The van der Waals surface area contributed by atoms with Crippen molar-refractivity contribution < 1.29 is 8.42 Å². The summed E-state index contributed by atoms with van der Waals surface area (Å²) in [7, 11) is -3.75. The maximum Gasteiger partial charge on any atom is 0.244 e. The van der Waals surface area contributed by atoms with E-state index < -0.39 is 10.0 Å². The van der Waals surface area contributed by atoms with Crippen molar-refractivity contribution in [2.75, 3.05) is 6.54 Å². The quantitative estimate of drug-likeness (QED) is 0.644. The molecule has 1 unspecified atom stereocenters. The molecule has 7 heteroatoms. The van der Waals surface area contributed by atoms with Gasteiger partial charge in [0.25, 0.3) is 0 Å². The summed E-state index contributed by atoms with van der Waals surface area (Å²) in [5.74, 6) is 0.788. The Morgan fingerprint density at radius 2 is 1.97 bits per heavy atom. The van der Waals surface area contributed by atoms with Gasteiger partial charge in [0.15, 0.2) is 0 Å². The molecule has 1 atom stereocenters. The fraction of sp³-hybridized carbons (Fsp3) is 0.364. The molecule has 2 aromatic carbocycles.